The zero-order valence-electron chi connectivity index (χ0n) is 11.1. The molecule has 0 bridgehead atoms. The van der Waals surface area contributed by atoms with Gasteiger partial charge in [0.05, 0.1) is 0 Å². The molecule has 0 spiro atoms. The van der Waals surface area contributed by atoms with Crippen LogP contribution in [0.15, 0.2) is 12.1 Å². The van der Waals surface area contributed by atoms with E-state index in [-0.39, 0.29) is 5.92 Å². The van der Waals surface area contributed by atoms with E-state index in [9.17, 15) is 4.79 Å². The maximum absolute atomic E-state index is 12.2. The monoisotopic (exact) mass is 263 g/mol. The van der Waals surface area contributed by atoms with Crippen molar-refractivity contribution in [2.24, 2.45) is 11.8 Å². The highest BCUT2D eigenvalue weighted by molar-refractivity contribution is 7.12. The predicted octanol–water partition coefficient (Wildman–Crippen LogP) is 3.46. The molecule has 0 saturated heterocycles. The summed E-state index contributed by atoms with van der Waals surface area (Å²) in [5.41, 5.74) is 0. The Morgan fingerprint density at radius 2 is 2.22 bits per heavy atom. The van der Waals surface area contributed by atoms with Gasteiger partial charge in [-0.15, -0.1) is 11.3 Å². The lowest BCUT2D eigenvalue weighted by atomic mass is 10.1. The van der Waals surface area contributed by atoms with E-state index in [1.54, 1.807) is 0 Å². The average Bonchev–Trinajstić information content (AvgIpc) is 2.88. The summed E-state index contributed by atoms with van der Waals surface area (Å²) in [5.74, 6) is 1.70. The van der Waals surface area contributed by atoms with Crippen LogP contribution < -0.4 is 5.32 Å². The minimum atomic E-state index is 0.246. The molecule has 1 aromatic heterocycles. The molecule has 2 fully saturated rings. The van der Waals surface area contributed by atoms with Gasteiger partial charge in [0.25, 0.3) is 0 Å². The maximum atomic E-state index is 12.2. The second kappa shape index (κ2) is 4.69. The highest BCUT2D eigenvalue weighted by Crippen LogP contribution is 2.49. The molecule has 1 heterocycles. The summed E-state index contributed by atoms with van der Waals surface area (Å²) in [6, 6.07) is 4.78. The molecule has 2 aliphatic carbocycles. The number of carbonyl (C=O) groups excluding carboxylic acids is 1. The second-order valence-electron chi connectivity index (χ2n) is 5.92. The lowest BCUT2D eigenvalue weighted by Gasteiger charge is -2.17. The Hall–Kier alpha value is -0.830. The predicted molar refractivity (Wildman–Crippen MR) is 74.8 cm³/mol. The van der Waals surface area contributed by atoms with E-state index in [0.29, 0.717) is 23.8 Å². The van der Waals surface area contributed by atoms with Crippen LogP contribution in [0.3, 0.4) is 0 Å². The first-order valence-electron chi connectivity index (χ1n) is 7.02. The van der Waals surface area contributed by atoms with Crippen LogP contribution in [0.4, 0.5) is 0 Å². The Kier molecular flexibility index (Phi) is 3.18. The number of hydrogen-bond donors (Lipinski definition) is 1. The molecule has 0 unspecified atom stereocenters. The van der Waals surface area contributed by atoms with Gasteiger partial charge in [-0.05, 0) is 44.2 Å². The third-order valence-corrected chi connectivity index (χ3v) is 5.58. The van der Waals surface area contributed by atoms with E-state index in [2.05, 4.69) is 31.3 Å². The lowest BCUT2D eigenvalue weighted by molar-refractivity contribution is -0.123. The molecule has 18 heavy (non-hydrogen) atoms. The number of rotatable bonds is 3. The molecule has 1 amide bonds. The lowest BCUT2D eigenvalue weighted by Crippen LogP contribution is -2.37. The number of amides is 1. The van der Waals surface area contributed by atoms with Crippen molar-refractivity contribution in [3.05, 3.63) is 21.9 Å². The molecule has 98 valence electrons. The zero-order chi connectivity index (χ0) is 12.7. The zero-order valence-corrected chi connectivity index (χ0v) is 11.9. The molecular formula is C15H21NOS. The van der Waals surface area contributed by atoms with Crippen LogP contribution in [0.2, 0.25) is 0 Å². The first-order chi connectivity index (χ1) is 8.65. The fraction of sp³-hybridized carbons (Fsp3) is 0.667. The summed E-state index contributed by atoms with van der Waals surface area (Å²) in [6.07, 6.45) is 4.75. The molecule has 4 atom stereocenters. The van der Waals surface area contributed by atoms with Crippen molar-refractivity contribution in [3.8, 4) is 0 Å². The molecule has 0 aliphatic heterocycles. The van der Waals surface area contributed by atoms with Crippen LogP contribution in [0.1, 0.15) is 48.3 Å². The molecule has 3 heteroatoms. The first kappa shape index (κ1) is 12.2. The number of hydrogen-bond acceptors (Lipinski definition) is 2. The molecule has 1 aromatic rings. The van der Waals surface area contributed by atoms with E-state index < -0.39 is 0 Å². The van der Waals surface area contributed by atoms with Gasteiger partial charge >= 0.3 is 0 Å². The number of nitrogens with one attached hydrogen (secondary N) is 1. The van der Waals surface area contributed by atoms with Crippen molar-refractivity contribution in [1.82, 2.24) is 5.32 Å². The Morgan fingerprint density at radius 3 is 2.83 bits per heavy atom. The first-order valence-corrected chi connectivity index (χ1v) is 7.83. The smallest absolute Gasteiger partial charge is 0.224 e. The Morgan fingerprint density at radius 1 is 1.39 bits per heavy atom. The van der Waals surface area contributed by atoms with Crippen LogP contribution in [0.5, 0.6) is 0 Å². The third-order valence-electron chi connectivity index (χ3n) is 4.44. The van der Waals surface area contributed by atoms with E-state index in [0.717, 1.165) is 6.42 Å². The third kappa shape index (κ3) is 2.33. The van der Waals surface area contributed by atoms with Crippen molar-refractivity contribution < 1.29 is 4.79 Å². The van der Waals surface area contributed by atoms with Crippen molar-refractivity contribution >= 4 is 17.2 Å². The van der Waals surface area contributed by atoms with Crippen molar-refractivity contribution in [1.29, 1.82) is 0 Å². The summed E-state index contributed by atoms with van der Waals surface area (Å²) < 4.78 is 0. The largest absolute Gasteiger partial charge is 0.353 e. The normalized spacial score (nSPS) is 34.6. The fourth-order valence-electron chi connectivity index (χ4n) is 3.10. The van der Waals surface area contributed by atoms with Gasteiger partial charge in [0.2, 0.25) is 5.91 Å². The molecule has 0 radical (unpaired) electrons. The number of carbonyl (C=O) groups is 1. The molecule has 0 aromatic carbocycles. The van der Waals surface area contributed by atoms with E-state index in [1.807, 2.05) is 11.3 Å². The van der Waals surface area contributed by atoms with Gasteiger partial charge in [-0.2, -0.15) is 0 Å². The topological polar surface area (TPSA) is 29.1 Å². The quantitative estimate of drug-likeness (QED) is 0.889. The standard InChI is InChI=1S/C15H21NOS/c1-9-4-3-5-13(9)16-15(17)12-8-11(12)14-7-6-10(2)18-14/h6-7,9,11-13H,3-5,8H2,1-2H3,(H,16,17)/t9-,11-,12+,13-/m1/s1. The minimum absolute atomic E-state index is 0.246. The molecule has 2 saturated carbocycles. The number of aryl methyl sites for hydroxylation is 1. The average molecular weight is 263 g/mol. The van der Waals surface area contributed by atoms with Gasteiger partial charge in [-0.25, -0.2) is 0 Å². The van der Waals surface area contributed by atoms with Crippen LogP contribution in [0.25, 0.3) is 0 Å². The highest BCUT2D eigenvalue weighted by atomic mass is 32.1. The van der Waals surface area contributed by atoms with Gasteiger partial charge in [0.15, 0.2) is 0 Å². The Balaban J connectivity index is 1.56. The SMILES string of the molecule is Cc1ccc([C@@H]2C[C@@H]2C(=O)N[C@@H]2CCC[C@H]2C)s1. The summed E-state index contributed by atoms with van der Waals surface area (Å²) in [4.78, 5) is 14.9. The van der Waals surface area contributed by atoms with Gasteiger partial charge in [-0.1, -0.05) is 13.3 Å². The van der Waals surface area contributed by atoms with Gasteiger partial charge < -0.3 is 5.32 Å². The van der Waals surface area contributed by atoms with E-state index >= 15 is 0 Å². The van der Waals surface area contributed by atoms with E-state index in [1.165, 1.54) is 29.0 Å². The van der Waals surface area contributed by atoms with Crippen molar-refractivity contribution in [2.45, 2.75) is 51.5 Å². The van der Waals surface area contributed by atoms with Gasteiger partial charge in [0.1, 0.15) is 0 Å². The van der Waals surface area contributed by atoms with Gasteiger partial charge in [-0.3, -0.25) is 4.79 Å². The van der Waals surface area contributed by atoms with Crippen LogP contribution in [0, 0.1) is 18.8 Å². The fourth-order valence-corrected chi connectivity index (χ4v) is 4.16. The molecule has 3 rings (SSSR count). The second-order valence-corrected chi connectivity index (χ2v) is 7.24. The summed E-state index contributed by atoms with van der Waals surface area (Å²) >= 11 is 1.84. The van der Waals surface area contributed by atoms with Crippen LogP contribution in [-0.4, -0.2) is 11.9 Å². The minimum Gasteiger partial charge on any atom is -0.353 e. The summed E-state index contributed by atoms with van der Waals surface area (Å²) in [6.45, 7) is 4.39. The molecule has 1 N–H and O–H groups in total. The van der Waals surface area contributed by atoms with E-state index in [4.69, 9.17) is 0 Å². The van der Waals surface area contributed by atoms with Crippen molar-refractivity contribution in [2.75, 3.05) is 0 Å². The Bertz CT molecular complexity index is 453. The highest BCUT2D eigenvalue weighted by Gasteiger charge is 2.45. The van der Waals surface area contributed by atoms with Crippen LogP contribution in [-0.2, 0) is 4.79 Å². The van der Waals surface area contributed by atoms with Crippen LogP contribution >= 0.6 is 11.3 Å². The molecular weight excluding hydrogens is 242 g/mol. The van der Waals surface area contributed by atoms with Gasteiger partial charge in [0, 0.05) is 27.6 Å². The molecule has 2 nitrogen and oxygen atoms in total. The Labute approximate surface area is 113 Å². The molecule has 2 aliphatic rings. The number of thiophene rings is 1. The summed E-state index contributed by atoms with van der Waals surface area (Å²) in [7, 11) is 0. The van der Waals surface area contributed by atoms with Crippen molar-refractivity contribution in [3.63, 3.8) is 0 Å². The maximum Gasteiger partial charge on any atom is 0.224 e. The summed E-state index contributed by atoms with van der Waals surface area (Å²) in [5, 5.41) is 3.26.